The van der Waals surface area contributed by atoms with E-state index in [1.807, 2.05) is 6.07 Å². The highest BCUT2D eigenvalue weighted by molar-refractivity contribution is 6.35. The maximum absolute atomic E-state index is 11.8. The van der Waals surface area contributed by atoms with Crippen molar-refractivity contribution in [2.75, 3.05) is 26.3 Å². The summed E-state index contributed by atoms with van der Waals surface area (Å²) in [6.07, 6.45) is 1.13. The second-order valence-corrected chi connectivity index (χ2v) is 5.61. The molecule has 0 bridgehead atoms. The Hall–Kier alpha value is -0.520. The fraction of sp³-hybridized carbons (Fsp3) is 0.500. The van der Waals surface area contributed by atoms with Gasteiger partial charge in [0.1, 0.15) is 0 Å². The molecule has 0 aliphatic carbocycles. The standard InChI is InChI=1S/C14H18Cl2N2O2.ClH/c15-11-2-1-10(13(16)7-11)3-4-18-14(19)8-12-9-20-6-5-17-12;/h1-2,7,12,17H,3-6,8-9H2,(H,18,19);1H. The van der Waals surface area contributed by atoms with Gasteiger partial charge in [0.2, 0.25) is 5.91 Å². The Morgan fingerprint density at radius 1 is 1.43 bits per heavy atom. The molecule has 21 heavy (non-hydrogen) atoms. The minimum Gasteiger partial charge on any atom is -0.378 e. The van der Waals surface area contributed by atoms with Crippen LogP contribution in [0.2, 0.25) is 10.0 Å². The average molecular weight is 354 g/mol. The quantitative estimate of drug-likeness (QED) is 0.855. The van der Waals surface area contributed by atoms with Crippen LogP contribution in [0, 0.1) is 0 Å². The van der Waals surface area contributed by atoms with Gasteiger partial charge in [-0.25, -0.2) is 0 Å². The van der Waals surface area contributed by atoms with Gasteiger partial charge in [-0.2, -0.15) is 0 Å². The highest BCUT2D eigenvalue weighted by atomic mass is 35.5. The molecule has 1 aromatic rings. The van der Waals surface area contributed by atoms with E-state index in [9.17, 15) is 4.79 Å². The molecule has 1 unspecified atom stereocenters. The number of hydrogen-bond acceptors (Lipinski definition) is 3. The summed E-state index contributed by atoms with van der Waals surface area (Å²) in [4.78, 5) is 11.8. The summed E-state index contributed by atoms with van der Waals surface area (Å²) in [5, 5.41) is 7.40. The van der Waals surface area contributed by atoms with E-state index in [4.69, 9.17) is 27.9 Å². The van der Waals surface area contributed by atoms with Gasteiger partial charge in [-0.3, -0.25) is 4.79 Å². The van der Waals surface area contributed by atoms with Crippen molar-refractivity contribution in [1.82, 2.24) is 10.6 Å². The van der Waals surface area contributed by atoms with Crippen LogP contribution in [-0.4, -0.2) is 38.3 Å². The first kappa shape index (κ1) is 18.5. The zero-order valence-electron chi connectivity index (χ0n) is 11.5. The maximum atomic E-state index is 11.8. The van der Waals surface area contributed by atoms with Crippen LogP contribution in [0.3, 0.4) is 0 Å². The van der Waals surface area contributed by atoms with E-state index >= 15 is 0 Å². The number of carbonyl (C=O) groups excluding carboxylic acids is 1. The van der Waals surface area contributed by atoms with Crippen LogP contribution < -0.4 is 10.6 Å². The molecule has 1 atom stereocenters. The summed E-state index contributed by atoms with van der Waals surface area (Å²) in [5.41, 5.74) is 0.982. The van der Waals surface area contributed by atoms with Crippen molar-refractivity contribution < 1.29 is 9.53 Å². The Bertz CT molecular complexity index is 466. The van der Waals surface area contributed by atoms with E-state index in [1.165, 1.54) is 0 Å². The van der Waals surface area contributed by atoms with E-state index in [0.717, 1.165) is 12.1 Å². The van der Waals surface area contributed by atoms with Gasteiger partial charge < -0.3 is 15.4 Å². The number of hydrogen-bond donors (Lipinski definition) is 2. The number of amides is 1. The zero-order chi connectivity index (χ0) is 14.4. The monoisotopic (exact) mass is 352 g/mol. The van der Waals surface area contributed by atoms with Crippen LogP contribution >= 0.6 is 35.6 Å². The second kappa shape index (κ2) is 9.49. The lowest BCUT2D eigenvalue weighted by molar-refractivity contribution is -0.122. The summed E-state index contributed by atoms with van der Waals surface area (Å²) in [7, 11) is 0. The molecule has 1 amide bonds. The van der Waals surface area contributed by atoms with Crippen molar-refractivity contribution >= 4 is 41.5 Å². The maximum Gasteiger partial charge on any atom is 0.221 e. The predicted octanol–water partition coefficient (Wildman–Crippen LogP) is 2.45. The number of carbonyl (C=O) groups is 1. The predicted molar refractivity (Wildman–Crippen MR) is 87.7 cm³/mol. The summed E-state index contributed by atoms with van der Waals surface area (Å²) in [5.74, 6) is 0.0260. The number of rotatable bonds is 5. The SMILES string of the molecule is Cl.O=C(CC1COCCN1)NCCc1ccc(Cl)cc1Cl. The van der Waals surface area contributed by atoms with Crippen molar-refractivity contribution in [3.63, 3.8) is 0 Å². The number of halogens is 3. The highest BCUT2D eigenvalue weighted by Gasteiger charge is 2.16. The van der Waals surface area contributed by atoms with Gasteiger partial charge in [0.25, 0.3) is 0 Å². The Kier molecular flexibility index (Phi) is 8.37. The van der Waals surface area contributed by atoms with Crippen molar-refractivity contribution in [3.8, 4) is 0 Å². The minimum absolute atomic E-state index is 0. The van der Waals surface area contributed by atoms with Crippen LogP contribution in [0.15, 0.2) is 18.2 Å². The van der Waals surface area contributed by atoms with Gasteiger partial charge in [0.15, 0.2) is 0 Å². The summed E-state index contributed by atoms with van der Waals surface area (Å²) < 4.78 is 5.31. The first-order chi connectivity index (χ1) is 9.65. The molecule has 1 saturated heterocycles. The molecule has 1 fully saturated rings. The molecule has 0 radical (unpaired) electrons. The van der Waals surface area contributed by atoms with Crippen molar-refractivity contribution in [1.29, 1.82) is 0 Å². The van der Waals surface area contributed by atoms with Crippen LogP contribution in [0.4, 0.5) is 0 Å². The van der Waals surface area contributed by atoms with Gasteiger partial charge in [-0.1, -0.05) is 29.3 Å². The molecule has 1 aromatic carbocycles. The lowest BCUT2D eigenvalue weighted by Crippen LogP contribution is -2.44. The van der Waals surface area contributed by atoms with E-state index < -0.39 is 0 Å². The second-order valence-electron chi connectivity index (χ2n) is 4.77. The topological polar surface area (TPSA) is 50.4 Å². The van der Waals surface area contributed by atoms with Crippen LogP contribution in [0.1, 0.15) is 12.0 Å². The molecule has 0 aromatic heterocycles. The number of morpholine rings is 1. The van der Waals surface area contributed by atoms with Crippen LogP contribution in [0.5, 0.6) is 0 Å². The fourth-order valence-electron chi connectivity index (χ4n) is 2.11. The number of benzene rings is 1. The van der Waals surface area contributed by atoms with E-state index in [2.05, 4.69) is 10.6 Å². The third-order valence-corrected chi connectivity index (χ3v) is 3.75. The molecule has 0 saturated carbocycles. The van der Waals surface area contributed by atoms with Gasteiger partial charge in [0.05, 0.1) is 13.2 Å². The highest BCUT2D eigenvalue weighted by Crippen LogP contribution is 2.21. The average Bonchev–Trinajstić information content (AvgIpc) is 2.42. The molecular weight excluding hydrogens is 335 g/mol. The molecule has 1 aliphatic heterocycles. The Morgan fingerprint density at radius 2 is 2.24 bits per heavy atom. The molecule has 1 aliphatic rings. The van der Waals surface area contributed by atoms with Crippen LogP contribution in [0.25, 0.3) is 0 Å². The molecule has 1 heterocycles. The van der Waals surface area contributed by atoms with Gasteiger partial charge >= 0.3 is 0 Å². The van der Waals surface area contributed by atoms with E-state index in [-0.39, 0.29) is 24.4 Å². The third kappa shape index (κ3) is 6.41. The van der Waals surface area contributed by atoms with Crippen molar-refractivity contribution in [2.45, 2.75) is 18.9 Å². The third-order valence-electron chi connectivity index (χ3n) is 3.16. The minimum atomic E-state index is 0. The number of nitrogens with one attached hydrogen (secondary N) is 2. The molecule has 0 spiro atoms. The van der Waals surface area contributed by atoms with Crippen LogP contribution in [-0.2, 0) is 16.0 Å². The molecule has 4 nitrogen and oxygen atoms in total. The van der Waals surface area contributed by atoms with Crippen molar-refractivity contribution in [2.24, 2.45) is 0 Å². The lowest BCUT2D eigenvalue weighted by Gasteiger charge is -2.23. The van der Waals surface area contributed by atoms with Gasteiger partial charge in [-0.15, -0.1) is 12.4 Å². The molecule has 7 heteroatoms. The Labute approximate surface area is 140 Å². The van der Waals surface area contributed by atoms with E-state index in [0.29, 0.717) is 42.6 Å². The van der Waals surface area contributed by atoms with E-state index in [1.54, 1.807) is 12.1 Å². The molecular formula is C14H19Cl3N2O2. The van der Waals surface area contributed by atoms with Gasteiger partial charge in [0, 0.05) is 35.6 Å². The van der Waals surface area contributed by atoms with Gasteiger partial charge in [-0.05, 0) is 24.1 Å². The zero-order valence-corrected chi connectivity index (χ0v) is 13.9. The Morgan fingerprint density at radius 3 is 2.90 bits per heavy atom. The van der Waals surface area contributed by atoms with Crippen molar-refractivity contribution in [3.05, 3.63) is 33.8 Å². The smallest absolute Gasteiger partial charge is 0.221 e. The first-order valence-corrected chi connectivity index (χ1v) is 7.42. The fourth-order valence-corrected chi connectivity index (χ4v) is 2.61. The summed E-state index contributed by atoms with van der Waals surface area (Å²) >= 11 is 11.9. The molecule has 2 rings (SSSR count). The first-order valence-electron chi connectivity index (χ1n) is 6.67. The largest absolute Gasteiger partial charge is 0.378 e. The number of ether oxygens (including phenoxy) is 1. The molecule has 118 valence electrons. The Balaban J connectivity index is 0.00000220. The lowest BCUT2D eigenvalue weighted by atomic mass is 10.1. The normalized spacial score (nSPS) is 17.9. The molecule has 2 N–H and O–H groups in total. The summed E-state index contributed by atoms with van der Waals surface area (Å²) in [6.45, 7) is 2.68. The summed E-state index contributed by atoms with van der Waals surface area (Å²) in [6, 6.07) is 5.51.